The Balaban J connectivity index is 2.19. The van der Waals surface area contributed by atoms with Crippen molar-refractivity contribution in [3.05, 3.63) is 23.1 Å². The molecule has 6 heteroatoms. The van der Waals surface area contributed by atoms with E-state index in [2.05, 4.69) is 29.1 Å². The first-order valence-electron chi connectivity index (χ1n) is 5.88. The van der Waals surface area contributed by atoms with Crippen LogP contribution in [0.3, 0.4) is 0 Å². The fraction of sp³-hybridized carbons (Fsp3) is 0.417. The molecule has 0 aliphatic carbocycles. The molecule has 5 nitrogen and oxygen atoms in total. The molecule has 2 heterocycles. The number of carbonyl (C=O) groups is 1. The zero-order chi connectivity index (χ0) is 13.1. The van der Waals surface area contributed by atoms with E-state index in [9.17, 15) is 4.79 Å². The second-order valence-corrected chi connectivity index (χ2v) is 4.98. The molecule has 0 aliphatic rings. The number of rotatable bonds is 4. The van der Waals surface area contributed by atoms with Crippen LogP contribution in [0, 0.1) is 10.7 Å². The van der Waals surface area contributed by atoms with Crippen molar-refractivity contribution in [3.8, 4) is 0 Å². The van der Waals surface area contributed by atoms with Crippen LogP contribution in [-0.2, 0) is 11.3 Å². The molecule has 1 amide bonds. The number of H-pyrrole nitrogens is 1. The van der Waals surface area contributed by atoms with Crippen LogP contribution in [0.4, 0.5) is 0 Å². The summed E-state index contributed by atoms with van der Waals surface area (Å²) in [4.78, 5) is 19.1. The minimum absolute atomic E-state index is 0.0497. The summed E-state index contributed by atoms with van der Waals surface area (Å²) in [5.74, 6) is 0.384. The lowest BCUT2D eigenvalue weighted by Gasteiger charge is -2.08. The van der Waals surface area contributed by atoms with Crippen molar-refractivity contribution in [2.75, 3.05) is 6.54 Å². The minimum atomic E-state index is -0.0497. The first-order chi connectivity index (χ1) is 8.58. The van der Waals surface area contributed by atoms with Gasteiger partial charge in [0.25, 0.3) is 0 Å². The highest BCUT2D eigenvalue weighted by Gasteiger charge is 2.09. The van der Waals surface area contributed by atoms with Gasteiger partial charge in [-0.25, -0.2) is 4.98 Å². The zero-order valence-electron chi connectivity index (χ0n) is 10.4. The molecule has 0 bridgehead atoms. The first-order valence-corrected chi connectivity index (χ1v) is 6.29. The van der Waals surface area contributed by atoms with Crippen LogP contribution in [0.25, 0.3) is 11.2 Å². The molecule has 2 aromatic heterocycles. The van der Waals surface area contributed by atoms with Crippen LogP contribution in [0.1, 0.15) is 13.8 Å². The fourth-order valence-electron chi connectivity index (χ4n) is 1.65. The third-order valence-electron chi connectivity index (χ3n) is 2.54. The number of pyridine rings is 1. The maximum Gasteiger partial charge on any atom is 0.240 e. The van der Waals surface area contributed by atoms with Crippen molar-refractivity contribution in [3.63, 3.8) is 0 Å². The van der Waals surface area contributed by atoms with Gasteiger partial charge in [-0.3, -0.25) is 9.36 Å². The maximum atomic E-state index is 11.8. The van der Waals surface area contributed by atoms with Crippen molar-refractivity contribution in [2.24, 2.45) is 5.92 Å². The number of carbonyl (C=O) groups excluding carboxylic acids is 1. The number of aromatic nitrogens is 3. The van der Waals surface area contributed by atoms with Gasteiger partial charge in [0.05, 0.1) is 5.52 Å². The van der Waals surface area contributed by atoms with Crippen molar-refractivity contribution < 1.29 is 4.79 Å². The van der Waals surface area contributed by atoms with Crippen molar-refractivity contribution in [2.45, 2.75) is 20.4 Å². The molecule has 0 saturated heterocycles. The lowest BCUT2D eigenvalue weighted by molar-refractivity contribution is -0.121. The average molecular weight is 264 g/mol. The van der Waals surface area contributed by atoms with Crippen LogP contribution in [0.5, 0.6) is 0 Å². The van der Waals surface area contributed by atoms with E-state index < -0.39 is 0 Å². The summed E-state index contributed by atoms with van der Waals surface area (Å²) in [6.45, 7) is 4.98. The van der Waals surface area contributed by atoms with E-state index in [0.29, 0.717) is 22.9 Å². The molecule has 18 heavy (non-hydrogen) atoms. The highest BCUT2D eigenvalue weighted by molar-refractivity contribution is 7.71. The highest BCUT2D eigenvalue weighted by atomic mass is 32.1. The van der Waals surface area contributed by atoms with Crippen molar-refractivity contribution in [1.29, 1.82) is 0 Å². The van der Waals surface area contributed by atoms with Gasteiger partial charge in [-0.15, -0.1) is 0 Å². The number of amides is 1. The molecule has 0 saturated carbocycles. The normalized spacial score (nSPS) is 11.1. The quantitative estimate of drug-likeness (QED) is 0.829. The second kappa shape index (κ2) is 5.30. The van der Waals surface area contributed by atoms with Gasteiger partial charge >= 0.3 is 0 Å². The van der Waals surface area contributed by atoms with E-state index in [0.717, 1.165) is 5.52 Å². The van der Waals surface area contributed by atoms with Crippen LogP contribution in [0.2, 0.25) is 0 Å². The van der Waals surface area contributed by atoms with Gasteiger partial charge in [-0.1, -0.05) is 13.8 Å². The number of imidazole rings is 1. The van der Waals surface area contributed by atoms with E-state index in [-0.39, 0.29) is 12.5 Å². The van der Waals surface area contributed by atoms with Gasteiger partial charge in [0, 0.05) is 12.7 Å². The lowest BCUT2D eigenvalue weighted by atomic mass is 10.2. The minimum Gasteiger partial charge on any atom is -0.354 e. The standard InChI is InChI=1S/C12H16N4OS/c1-8(2)6-14-10(17)7-16-11-9(15-12(16)18)4-3-5-13-11/h3-5,8H,6-7H2,1-2H3,(H,14,17)(H,15,18). The van der Waals surface area contributed by atoms with Crippen LogP contribution in [0.15, 0.2) is 18.3 Å². The Kier molecular flexibility index (Phi) is 3.76. The molecule has 0 unspecified atom stereocenters. The largest absolute Gasteiger partial charge is 0.354 e. The van der Waals surface area contributed by atoms with Gasteiger partial charge in [0.2, 0.25) is 5.91 Å². The summed E-state index contributed by atoms with van der Waals surface area (Å²) in [5.41, 5.74) is 1.56. The molecular weight excluding hydrogens is 248 g/mol. The Bertz CT molecular complexity index is 614. The molecule has 2 rings (SSSR count). The Morgan fingerprint density at radius 2 is 2.39 bits per heavy atom. The molecule has 0 aliphatic heterocycles. The number of nitrogens with one attached hydrogen (secondary N) is 2. The Morgan fingerprint density at radius 1 is 1.61 bits per heavy atom. The average Bonchev–Trinajstić information content (AvgIpc) is 2.64. The monoisotopic (exact) mass is 264 g/mol. The number of hydrogen-bond donors (Lipinski definition) is 2. The topological polar surface area (TPSA) is 62.7 Å². The summed E-state index contributed by atoms with van der Waals surface area (Å²) < 4.78 is 2.23. The second-order valence-electron chi connectivity index (χ2n) is 4.59. The van der Waals surface area contributed by atoms with Gasteiger partial charge in [-0.2, -0.15) is 0 Å². The van der Waals surface area contributed by atoms with Gasteiger partial charge in [0.15, 0.2) is 10.4 Å². The Labute approximate surface area is 110 Å². The smallest absolute Gasteiger partial charge is 0.240 e. The predicted octanol–water partition coefficient (Wildman–Crippen LogP) is 1.87. The maximum absolute atomic E-state index is 11.8. The molecule has 0 fully saturated rings. The van der Waals surface area contributed by atoms with Crippen LogP contribution < -0.4 is 5.32 Å². The van der Waals surface area contributed by atoms with Gasteiger partial charge in [-0.05, 0) is 30.3 Å². The summed E-state index contributed by atoms with van der Waals surface area (Å²) in [7, 11) is 0. The van der Waals surface area contributed by atoms with Crippen molar-refractivity contribution >= 4 is 29.3 Å². The SMILES string of the molecule is CC(C)CNC(=O)Cn1c(=S)[nH]c2cccnc21. The van der Waals surface area contributed by atoms with E-state index in [1.54, 1.807) is 10.8 Å². The van der Waals surface area contributed by atoms with Crippen LogP contribution in [-0.4, -0.2) is 27.0 Å². The van der Waals surface area contributed by atoms with Crippen LogP contribution >= 0.6 is 12.2 Å². The Morgan fingerprint density at radius 3 is 3.11 bits per heavy atom. The Hall–Kier alpha value is -1.69. The predicted molar refractivity (Wildman–Crippen MR) is 72.8 cm³/mol. The highest BCUT2D eigenvalue weighted by Crippen LogP contribution is 2.10. The number of hydrogen-bond acceptors (Lipinski definition) is 3. The summed E-state index contributed by atoms with van der Waals surface area (Å²) >= 11 is 5.19. The molecule has 2 N–H and O–H groups in total. The molecule has 0 radical (unpaired) electrons. The molecule has 2 aromatic rings. The molecule has 96 valence electrons. The third-order valence-corrected chi connectivity index (χ3v) is 2.86. The molecule has 0 atom stereocenters. The fourth-order valence-corrected chi connectivity index (χ4v) is 1.91. The molecular formula is C12H16N4OS. The van der Waals surface area contributed by atoms with Crippen molar-refractivity contribution in [1.82, 2.24) is 19.9 Å². The number of aromatic amines is 1. The van der Waals surface area contributed by atoms with E-state index in [1.165, 1.54) is 0 Å². The zero-order valence-corrected chi connectivity index (χ0v) is 11.3. The first kappa shape index (κ1) is 12.8. The molecule has 0 spiro atoms. The van der Waals surface area contributed by atoms with E-state index in [4.69, 9.17) is 12.2 Å². The molecule has 0 aromatic carbocycles. The lowest BCUT2D eigenvalue weighted by Crippen LogP contribution is -2.30. The number of nitrogens with zero attached hydrogens (tertiary/aromatic N) is 2. The van der Waals surface area contributed by atoms with Gasteiger partial charge < -0.3 is 10.3 Å². The van der Waals surface area contributed by atoms with E-state index >= 15 is 0 Å². The summed E-state index contributed by atoms with van der Waals surface area (Å²) in [5, 5.41) is 2.86. The third kappa shape index (κ3) is 2.76. The summed E-state index contributed by atoms with van der Waals surface area (Å²) in [6.07, 6.45) is 1.69. The number of fused-ring (bicyclic) bond motifs is 1. The van der Waals surface area contributed by atoms with E-state index in [1.807, 2.05) is 12.1 Å². The summed E-state index contributed by atoms with van der Waals surface area (Å²) in [6, 6.07) is 3.72. The van der Waals surface area contributed by atoms with Gasteiger partial charge in [0.1, 0.15) is 6.54 Å².